The van der Waals surface area contributed by atoms with Crippen molar-refractivity contribution in [2.24, 2.45) is 4.99 Å². The van der Waals surface area contributed by atoms with Gasteiger partial charge in [0, 0.05) is 54.6 Å². The first-order valence-corrected chi connectivity index (χ1v) is 15.2. The van der Waals surface area contributed by atoms with Gasteiger partial charge in [-0.3, -0.25) is 14.7 Å². The van der Waals surface area contributed by atoms with E-state index < -0.39 is 41.4 Å². The summed E-state index contributed by atoms with van der Waals surface area (Å²) in [5.74, 6) is -1.43. The van der Waals surface area contributed by atoms with E-state index in [1.807, 2.05) is 25.7 Å². The van der Waals surface area contributed by atoms with Gasteiger partial charge in [0.15, 0.2) is 10.8 Å². The van der Waals surface area contributed by atoms with Crippen molar-refractivity contribution in [2.45, 2.75) is 51.4 Å². The van der Waals surface area contributed by atoms with E-state index in [-0.39, 0.29) is 35.3 Å². The lowest BCUT2D eigenvalue weighted by atomic mass is 9.94. The van der Waals surface area contributed by atoms with Crippen molar-refractivity contribution in [1.82, 2.24) is 25.0 Å². The number of esters is 2. The monoisotopic (exact) mass is 632 g/mol. The number of rotatable bonds is 7. The van der Waals surface area contributed by atoms with Gasteiger partial charge in [-0.1, -0.05) is 23.7 Å². The van der Waals surface area contributed by atoms with Crippen LogP contribution in [0.4, 0.5) is 9.18 Å². The van der Waals surface area contributed by atoms with Crippen LogP contribution in [0, 0.1) is 5.82 Å². The summed E-state index contributed by atoms with van der Waals surface area (Å²) in [5.41, 5.74) is 0.387. The summed E-state index contributed by atoms with van der Waals surface area (Å²) in [7, 11) is 1.31. The van der Waals surface area contributed by atoms with Crippen molar-refractivity contribution in [2.75, 3.05) is 39.9 Å². The van der Waals surface area contributed by atoms with Crippen LogP contribution < -0.4 is 5.32 Å². The fourth-order valence-corrected chi connectivity index (χ4v) is 6.57. The zero-order chi connectivity index (χ0) is 31.1. The number of amides is 2. The molecule has 1 N–H and O–H groups in total. The van der Waals surface area contributed by atoms with Gasteiger partial charge < -0.3 is 24.6 Å². The molecule has 3 aliphatic rings. The number of aliphatic imine (C=N–C) groups is 1. The minimum atomic E-state index is -1.01. The highest BCUT2D eigenvalue weighted by Gasteiger charge is 2.52. The highest BCUT2D eigenvalue weighted by atomic mass is 35.5. The number of aromatic nitrogens is 1. The second-order valence-electron chi connectivity index (χ2n) is 11.4. The van der Waals surface area contributed by atoms with Gasteiger partial charge in [-0.25, -0.2) is 19.0 Å². The molecule has 0 saturated carbocycles. The number of fused-ring (bicyclic) bond motifs is 1. The molecule has 2 amide bonds. The van der Waals surface area contributed by atoms with Crippen molar-refractivity contribution >= 4 is 46.7 Å². The van der Waals surface area contributed by atoms with Crippen molar-refractivity contribution in [3.63, 3.8) is 0 Å². The lowest BCUT2D eigenvalue weighted by Gasteiger charge is -2.43. The summed E-state index contributed by atoms with van der Waals surface area (Å²) >= 11 is 7.77. The first-order valence-electron chi connectivity index (χ1n) is 13.9. The van der Waals surface area contributed by atoms with Crippen LogP contribution in [0.1, 0.15) is 44.3 Å². The molecule has 43 heavy (non-hydrogen) atoms. The van der Waals surface area contributed by atoms with Crippen LogP contribution in [-0.2, 0) is 19.1 Å². The van der Waals surface area contributed by atoms with Crippen LogP contribution in [0.25, 0.3) is 0 Å². The quantitative estimate of drug-likeness (QED) is 0.461. The maximum Gasteiger partial charge on any atom is 0.338 e. The molecule has 0 radical (unpaired) electrons. The molecule has 230 valence electrons. The molecule has 0 bridgehead atoms. The summed E-state index contributed by atoms with van der Waals surface area (Å²) < 4.78 is 25.3. The van der Waals surface area contributed by atoms with Gasteiger partial charge in [-0.05, 0) is 33.8 Å². The number of amidine groups is 1. The number of carbonyl (C=O) groups excluding carboxylic acids is 3. The standard InChI is InChI=1S/C29H34ClFN6O5S/c1-6-42-26(38)20-18(33-24(25-32-10-13-43-25)34-22(20)16-8-7-9-17(31)21(16)30)14-35-11-12-36-19(23(35)27(39)41-5)15-37(28(36)40)29(2,3)4/h7-10,13,19,22-23H,6,11-12,14-15H2,1-5H3,(H,33,34)/t19-,22-,23+/m0/s1. The number of piperazine rings is 1. The molecule has 2 fully saturated rings. The Morgan fingerprint density at radius 2 is 2.02 bits per heavy atom. The molecule has 5 rings (SSSR count). The minimum absolute atomic E-state index is 0.0792. The molecule has 0 aliphatic carbocycles. The molecule has 1 aromatic carbocycles. The Bertz CT molecular complexity index is 1480. The maximum absolute atomic E-state index is 14.7. The number of nitrogens with one attached hydrogen (secondary N) is 1. The first-order chi connectivity index (χ1) is 20.5. The minimum Gasteiger partial charge on any atom is -0.468 e. The molecule has 0 spiro atoms. The van der Waals surface area contributed by atoms with Crippen molar-refractivity contribution in [3.05, 3.63) is 62.5 Å². The van der Waals surface area contributed by atoms with Crippen LogP contribution in [0.2, 0.25) is 5.02 Å². The van der Waals surface area contributed by atoms with E-state index in [0.29, 0.717) is 36.2 Å². The lowest BCUT2D eigenvalue weighted by molar-refractivity contribution is -0.150. The number of methoxy groups -OCH3 is 1. The number of carbonyl (C=O) groups is 3. The number of thiazole rings is 1. The maximum atomic E-state index is 14.7. The summed E-state index contributed by atoms with van der Waals surface area (Å²) in [4.78, 5) is 54.7. The number of benzene rings is 1. The Balaban J connectivity index is 1.60. The van der Waals surface area contributed by atoms with Crippen molar-refractivity contribution in [1.29, 1.82) is 0 Å². The normalized spacial score (nSPS) is 22.7. The van der Waals surface area contributed by atoms with Crippen LogP contribution in [0.3, 0.4) is 0 Å². The van der Waals surface area contributed by atoms with E-state index in [4.69, 9.17) is 26.1 Å². The highest BCUT2D eigenvalue weighted by molar-refractivity contribution is 7.11. The molecule has 0 unspecified atom stereocenters. The third-order valence-corrected chi connectivity index (χ3v) is 8.96. The largest absolute Gasteiger partial charge is 0.468 e. The predicted molar refractivity (Wildman–Crippen MR) is 159 cm³/mol. The van der Waals surface area contributed by atoms with E-state index in [1.165, 1.54) is 30.6 Å². The average molecular weight is 633 g/mol. The van der Waals surface area contributed by atoms with Crippen molar-refractivity contribution in [3.8, 4) is 0 Å². The summed E-state index contributed by atoms with van der Waals surface area (Å²) in [6.45, 7) is 8.76. The van der Waals surface area contributed by atoms with Gasteiger partial charge in [-0.2, -0.15) is 0 Å². The molecular formula is C29H34ClFN6O5S. The second kappa shape index (κ2) is 12.2. The topological polar surface area (TPSA) is 117 Å². The number of urea groups is 1. The van der Waals surface area contributed by atoms with E-state index >= 15 is 0 Å². The number of hydrogen-bond acceptors (Lipinski definition) is 10. The number of ether oxygens (including phenoxy) is 2. The molecule has 14 heteroatoms. The Kier molecular flexibility index (Phi) is 8.77. The number of halogens is 2. The molecule has 3 aliphatic heterocycles. The van der Waals surface area contributed by atoms with Gasteiger partial charge >= 0.3 is 18.0 Å². The van der Waals surface area contributed by atoms with Crippen LogP contribution in [0.5, 0.6) is 0 Å². The van der Waals surface area contributed by atoms with Crippen molar-refractivity contribution < 1.29 is 28.2 Å². The molecule has 1 aromatic heterocycles. The molecule has 2 saturated heterocycles. The second-order valence-corrected chi connectivity index (χ2v) is 12.6. The summed E-state index contributed by atoms with van der Waals surface area (Å²) in [6, 6.07) is 1.92. The highest BCUT2D eigenvalue weighted by Crippen LogP contribution is 2.38. The van der Waals surface area contributed by atoms with E-state index in [0.717, 1.165) is 0 Å². The third-order valence-electron chi connectivity index (χ3n) is 7.78. The molecule has 11 nitrogen and oxygen atoms in total. The Hall–Kier alpha value is -3.55. The molecular weight excluding hydrogens is 599 g/mol. The van der Waals surface area contributed by atoms with Gasteiger partial charge in [-0.15, -0.1) is 11.3 Å². The van der Waals surface area contributed by atoms with Crippen LogP contribution >= 0.6 is 22.9 Å². The van der Waals surface area contributed by atoms with Crippen LogP contribution in [-0.4, -0.2) is 101 Å². The van der Waals surface area contributed by atoms with Gasteiger partial charge in [0.05, 0.1) is 30.4 Å². The molecule has 2 aromatic rings. The summed E-state index contributed by atoms with van der Waals surface area (Å²) in [5, 5.41) is 5.44. The van der Waals surface area contributed by atoms with Gasteiger partial charge in [0.2, 0.25) is 0 Å². The third kappa shape index (κ3) is 5.85. The Morgan fingerprint density at radius 1 is 1.26 bits per heavy atom. The first kappa shape index (κ1) is 30.9. The van der Waals surface area contributed by atoms with E-state index in [1.54, 1.807) is 34.4 Å². The molecule has 3 atom stereocenters. The predicted octanol–water partition coefficient (Wildman–Crippen LogP) is 3.61. The van der Waals surface area contributed by atoms with E-state index in [9.17, 15) is 18.8 Å². The average Bonchev–Trinajstić information content (AvgIpc) is 3.62. The fourth-order valence-electron chi connectivity index (χ4n) is 5.75. The van der Waals surface area contributed by atoms with Gasteiger partial charge in [0.25, 0.3) is 0 Å². The zero-order valence-electron chi connectivity index (χ0n) is 24.6. The SMILES string of the molecule is CCOC(=O)C1=C(CN2CCN3C(=O)N(C(C)(C)C)C[C@H]3[C@@H]2C(=O)OC)NC(c2nccs2)=N[C@H]1c1cccc(F)c1Cl. The summed E-state index contributed by atoms with van der Waals surface area (Å²) in [6.07, 6.45) is 1.63. The number of hydrogen-bond donors (Lipinski definition) is 1. The Morgan fingerprint density at radius 3 is 2.67 bits per heavy atom. The van der Waals surface area contributed by atoms with E-state index in [2.05, 4.69) is 10.3 Å². The molecule has 4 heterocycles. The fraction of sp³-hybridized carbons (Fsp3) is 0.483. The lowest BCUT2D eigenvalue weighted by Crippen LogP contribution is -2.62. The smallest absolute Gasteiger partial charge is 0.338 e. The number of nitrogens with zero attached hydrogens (tertiary/aromatic N) is 5. The van der Waals surface area contributed by atoms with Gasteiger partial charge in [0.1, 0.15) is 17.9 Å². The van der Waals surface area contributed by atoms with Crippen LogP contribution in [0.15, 0.2) is 46.0 Å². The Labute approximate surface area is 258 Å². The zero-order valence-corrected chi connectivity index (χ0v) is 26.2.